The summed E-state index contributed by atoms with van der Waals surface area (Å²) in [6.45, 7) is 8.75. The fourth-order valence-corrected chi connectivity index (χ4v) is 2.59. The van der Waals surface area contributed by atoms with Crippen molar-refractivity contribution in [3.05, 3.63) is 59.4 Å². The van der Waals surface area contributed by atoms with Crippen LogP contribution < -0.4 is 10.6 Å². The van der Waals surface area contributed by atoms with Gasteiger partial charge < -0.3 is 10.4 Å². The number of guanidine groups is 1. The van der Waals surface area contributed by atoms with Gasteiger partial charge in [-0.05, 0) is 18.1 Å². The van der Waals surface area contributed by atoms with Gasteiger partial charge in [0.2, 0.25) is 0 Å². The molecule has 0 saturated carbocycles. The van der Waals surface area contributed by atoms with Gasteiger partial charge in [-0.3, -0.25) is 15.1 Å². The minimum Gasteiger partial charge on any atom is -0.507 e. The first-order valence-corrected chi connectivity index (χ1v) is 7.59. The predicted octanol–water partition coefficient (Wildman–Crippen LogP) is 2.69. The van der Waals surface area contributed by atoms with Crippen molar-refractivity contribution in [3.63, 3.8) is 0 Å². The molecule has 0 bridgehead atoms. The molecule has 1 aliphatic heterocycles. The first-order chi connectivity index (χ1) is 11.7. The number of aromatic hydroxyl groups is 1. The summed E-state index contributed by atoms with van der Waals surface area (Å²) in [6, 6.07) is 12.0. The van der Waals surface area contributed by atoms with Crippen molar-refractivity contribution in [2.24, 2.45) is 4.99 Å². The predicted molar refractivity (Wildman–Crippen MR) is 92.2 cm³/mol. The van der Waals surface area contributed by atoms with E-state index in [1.165, 1.54) is 12.1 Å². The number of nitrogens with zero attached hydrogens (tertiary/aromatic N) is 2. The third-order valence-electron chi connectivity index (χ3n) is 3.70. The Labute approximate surface area is 139 Å². The number of phenolic OH excluding ortho intramolecular Hbond substituents is 1. The number of benzene rings is 2. The van der Waals surface area contributed by atoms with Gasteiger partial charge in [0, 0.05) is 18.7 Å². The quantitative estimate of drug-likeness (QED) is 0.745. The summed E-state index contributed by atoms with van der Waals surface area (Å²) < 4.78 is 0. The van der Waals surface area contributed by atoms with Gasteiger partial charge in [-0.25, -0.2) is 4.85 Å². The van der Waals surface area contributed by atoms with Crippen LogP contribution in [0.2, 0.25) is 0 Å². The third kappa shape index (κ3) is 3.06. The van der Waals surface area contributed by atoms with Crippen molar-refractivity contribution < 1.29 is 9.90 Å². The van der Waals surface area contributed by atoms with Gasteiger partial charge in [-0.1, -0.05) is 36.4 Å². The lowest BCUT2D eigenvalue weighted by Crippen LogP contribution is -2.43. The number of hydrogen-bond donors (Lipinski definition) is 3. The van der Waals surface area contributed by atoms with Crippen molar-refractivity contribution in [1.82, 2.24) is 10.6 Å². The van der Waals surface area contributed by atoms with Crippen LogP contribution in [-0.2, 0) is 0 Å². The summed E-state index contributed by atoms with van der Waals surface area (Å²) >= 11 is 0. The van der Waals surface area contributed by atoms with Crippen molar-refractivity contribution in [2.75, 3.05) is 13.1 Å². The zero-order valence-corrected chi connectivity index (χ0v) is 12.9. The lowest BCUT2D eigenvalue weighted by Gasteiger charge is -2.17. The topological polar surface area (TPSA) is 78.1 Å². The Morgan fingerprint density at radius 2 is 2.04 bits per heavy atom. The molecule has 0 atom stereocenters. The van der Waals surface area contributed by atoms with Gasteiger partial charge in [-0.15, -0.1) is 0 Å². The highest BCUT2D eigenvalue weighted by molar-refractivity contribution is 6.12. The van der Waals surface area contributed by atoms with Crippen molar-refractivity contribution in [2.45, 2.75) is 6.42 Å². The molecule has 0 aromatic heterocycles. The van der Waals surface area contributed by atoms with Gasteiger partial charge in [0.1, 0.15) is 5.75 Å². The second kappa shape index (κ2) is 6.84. The third-order valence-corrected chi connectivity index (χ3v) is 3.70. The largest absolute Gasteiger partial charge is 0.507 e. The maximum Gasteiger partial charge on any atom is 0.261 e. The standard InChI is InChI=1S/C18H16N4O2/c1-19-13-8-9-14(23)16(15(13)12-6-3-2-4-7-12)17(24)22-18-20-10-5-11-21-18/h2-4,6-9,23H,5,10-11H2,(H2,20,21,22,24). The number of phenols is 1. The number of amides is 1. The molecule has 0 unspecified atom stereocenters. The van der Waals surface area contributed by atoms with Gasteiger partial charge in [0.05, 0.1) is 12.1 Å². The highest BCUT2D eigenvalue weighted by Crippen LogP contribution is 2.38. The molecular formula is C18H16N4O2. The molecule has 0 fully saturated rings. The summed E-state index contributed by atoms with van der Waals surface area (Å²) in [5.74, 6) is -0.280. The van der Waals surface area contributed by atoms with E-state index in [0.717, 1.165) is 13.0 Å². The Balaban J connectivity index is 2.08. The van der Waals surface area contributed by atoms with Crippen LogP contribution in [-0.4, -0.2) is 30.1 Å². The number of aliphatic imine (C=N–C) groups is 1. The van der Waals surface area contributed by atoms with E-state index in [1.54, 1.807) is 12.1 Å². The lowest BCUT2D eigenvalue weighted by molar-refractivity contribution is 0.0973. The van der Waals surface area contributed by atoms with Crippen LogP contribution in [0.25, 0.3) is 16.0 Å². The zero-order chi connectivity index (χ0) is 16.9. The fourth-order valence-electron chi connectivity index (χ4n) is 2.59. The van der Waals surface area contributed by atoms with E-state index in [9.17, 15) is 9.90 Å². The molecule has 6 nitrogen and oxygen atoms in total. The lowest BCUT2D eigenvalue weighted by atomic mass is 9.96. The normalized spacial score (nSPS) is 13.4. The summed E-state index contributed by atoms with van der Waals surface area (Å²) in [5, 5.41) is 15.9. The fraction of sp³-hybridized carbons (Fsp3) is 0.167. The highest BCUT2D eigenvalue weighted by atomic mass is 16.3. The van der Waals surface area contributed by atoms with Crippen LogP contribution in [0, 0.1) is 6.57 Å². The SMILES string of the molecule is [C-]#[N+]c1ccc(O)c(C(=O)NC2=NCCCN2)c1-c1ccccc1. The summed E-state index contributed by atoms with van der Waals surface area (Å²) in [7, 11) is 0. The summed E-state index contributed by atoms with van der Waals surface area (Å²) in [6.07, 6.45) is 0.910. The molecule has 1 aliphatic rings. The van der Waals surface area contributed by atoms with E-state index in [-0.39, 0.29) is 11.3 Å². The number of hydrogen-bond acceptors (Lipinski definition) is 4. The van der Waals surface area contributed by atoms with Crippen LogP contribution in [0.4, 0.5) is 5.69 Å². The Bertz CT molecular complexity index is 838. The van der Waals surface area contributed by atoms with Crippen molar-refractivity contribution >= 4 is 17.6 Å². The average Bonchev–Trinajstić information content (AvgIpc) is 2.63. The first kappa shape index (κ1) is 15.6. The van der Waals surface area contributed by atoms with Crippen LogP contribution in [0.15, 0.2) is 47.5 Å². The second-order valence-electron chi connectivity index (χ2n) is 5.30. The molecule has 24 heavy (non-hydrogen) atoms. The van der Waals surface area contributed by atoms with E-state index in [4.69, 9.17) is 6.57 Å². The van der Waals surface area contributed by atoms with E-state index in [0.29, 0.717) is 29.3 Å². The molecule has 2 aromatic rings. The maximum absolute atomic E-state index is 12.7. The molecule has 0 saturated heterocycles. The number of nitrogens with one attached hydrogen (secondary N) is 2. The van der Waals surface area contributed by atoms with Crippen molar-refractivity contribution in [1.29, 1.82) is 0 Å². The molecule has 6 heteroatoms. The molecule has 1 heterocycles. The van der Waals surface area contributed by atoms with Gasteiger partial charge in [0.25, 0.3) is 5.91 Å². The molecule has 2 aromatic carbocycles. The van der Waals surface area contributed by atoms with Gasteiger partial charge in [0.15, 0.2) is 11.6 Å². The van der Waals surface area contributed by atoms with Crippen LogP contribution in [0.5, 0.6) is 5.75 Å². The molecule has 3 rings (SSSR count). The Kier molecular flexibility index (Phi) is 4.43. The van der Waals surface area contributed by atoms with E-state index in [1.807, 2.05) is 18.2 Å². The Morgan fingerprint density at radius 3 is 2.71 bits per heavy atom. The molecule has 1 amide bonds. The van der Waals surface area contributed by atoms with Crippen LogP contribution in [0.3, 0.4) is 0 Å². The molecule has 0 aliphatic carbocycles. The van der Waals surface area contributed by atoms with E-state index >= 15 is 0 Å². The van der Waals surface area contributed by atoms with Gasteiger partial charge in [-0.2, -0.15) is 0 Å². The Hall–Kier alpha value is -3.33. The minimum atomic E-state index is -0.495. The monoisotopic (exact) mass is 320 g/mol. The van der Waals surface area contributed by atoms with Crippen molar-refractivity contribution in [3.8, 4) is 16.9 Å². The second-order valence-corrected chi connectivity index (χ2v) is 5.30. The summed E-state index contributed by atoms with van der Waals surface area (Å²) in [4.78, 5) is 20.4. The molecular weight excluding hydrogens is 304 g/mol. The number of carbonyl (C=O) groups excluding carboxylic acids is 1. The molecule has 0 spiro atoms. The zero-order valence-electron chi connectivity index (χ0n) is 12.9. The first-order valence-electron chi connectivity index (χ1n) is 7.59. The van der Waals surface area contributed by atoms with Crippen LogP contribution >= 0.6 is 0 Å². The number of carbonyl (C=O) groups is 1. The summed E-state index contributed by atoms with van der Waals surface area (Å²) in [5.41, 5.74) is 1.50. The maximum atomic E-state index is 12.7. The van der Waals surface area contributed by atoms with E-state index < -0.39 is 5.91 Å². The Morgan fingerprint density at radius 1 is 1.25 bits per heavy atom. The number of rotatable bonds is 2. The molecule has 3 N–H and O–H groups in total. The molecule has 120 valence electrons. The molecule has 0 radical (unpaired) electrons. The van der Waals surface area contributed by atoms with Gasteiger partial charge >= 0.3 is 0 Å². The minimum absolute atomic E-state index is 0.0739. The van der Waals surface area contributed by atoms with Crippen LogP contribution in [0.1, 0.15) is 16.8 Å². The van der Waals surface area contributed by atoms with E-state index in [2.05, 4.69) is 20.5 Å². The highest BCUT2D eigenvalue weighted by Gasteiger charge is 2.22. The average molecular weight is 320 g/mol. The smallest absolute Gasteiger partial charge is 0.261 e.